The molecule has 5 heteroatoms. The number of nitrogens with zero attached hydrogens (tertiary/aromatic N) is 1. The minimum Gasteiger partial charge on any atom is -0.491 e. The van der Waals surface area contributed by atoms with Gasteiger partial charge < -0.3 is 14.8 Å². The normalized spacial score (nSPS) is 16.7. The van der Waals surface area contributed by atoms with Gasteiger partial charge in [0.25, 0.3) is 0 Å². The zero-order valence-electron chi connectivity index (χ0n) is 12.2. The van der Waals surface area contributed by atoms with Crippen LogP contribution < -0.4 is 10.1 Å². The lowest BCUT2D eigenvalue weighted by Crippen LogP contribution is -2.03. The molecule has 0 spiro atoms. The summed E-state index contributed by atoms with van der Waals surface area (Å²) in [4.78, 5) is 4.71. The number of rotatable bonds is 5. The second-order valence-corrected chi connectivity index (χ2v) is 6.27. The maximum absolute atomic E-state index is 5.73. The summed E-state index contributed by atoms with van der Waals surface area (Å²) in [6.07, 6.45) is 0.276. The molecule has 0 amide bonds. The minimum absolute atomic E-state index is 0.276. The van der Waals surface area contributed by atoms with Gasteiger partial charge in [0.1, 0.15) is 23.5 Å². The van der Waals surface area contributed by atoms with Crippen molar-refractivity contribution in [2.24, 2.45) is 0 Å². The predicted molar refractivity (Wildman–Crippen MR) is 89.8 cm³/mol. The van der Waals surface area contributed by atoms with Gasteiger partial charge in [0, 0.05) is 18.3 Å². The van der Waals surface area contributed by atoms with Crippen LogP contribution in [0.2, 0.25) is 0 Å². The van der Waals surface area contributed by atoms with E-state index in [1.807, 2.05) is 19.2 Å². The number of fused-ring (bicyclic) bond motifs is 1. The molecule has 22 heavy (non-hydrogen) atoms. The first-order valence-corrected chi connectivity index (χ1v) is 8.07. The molecule has 112 valence electrons. The fourth-order valence-corrected chi connectivity index (χ4v) is 3.25. The van der Waals surface area contributed by atoms with Crippen LogP contribution in [0.4, 0.5) is 5.69 Å². The average Bonchev–Trinajstić information content (AvgIpc) is 3.30. The van der Waals surface area contributed by atoms with Crippen molar-refractivity contribution >= 4 is 27.2 Å². The van der Waals surface area contributed by atoms with Crippen LogP contribution in [-0.2, 0) is 4.74 Å². The molecule has 1 aliphatic heterocycles. The van der Waals surface area contributed by atoms with Gasteiger partial charge in [0.15, 0.2) is 0 Å². The number of nitrogens with one attached hydrogen (secondary N) is 1. The zero-order chi connectivity index (χ0) is 14.9. The van der Waals surface area contributed by atoms with Crippen LogP contribution in [0.25, 0.3) is 20.8 Å². The van der Waals surface area contributed by atoms with Crippen molar-refractivity contribution in [3.8, 4) is 16.3 Å². The molecule has 1 N–H and O–H groups in total. The Labute approximate surface area is 132 Å². The van der Waals surface area contributed by atoms with E-state index in [1.165, 1.54) is 0 Å². The highest BCUT2D eigenvalue weighted by atomic mass is 32.1. The van der Waals surface area contributed by atoms with Gasteiger partial charge in [-0.25, -0.2) is 4.98 Å². The molecule has 0 aliphatic carbocycles. The standard InChI is InChI=1S/C17H16N2O2S/c1-18-12-4-2-11(3-5-12)17-19-15-7-6-13(8-16(15)22-17)20-9-14-10-21-14/h2-8,14,18H,9-10H2,1H3/t14-/m0/s1. The lowest BCUT2D eigenvalue weighted by Gasteiger charge is -2.02. The summed E-state index contributed by atoms with van der Waals surface area (Å²) in [5.41, 5.74) is 3.24. The molecule has 0 bridgehead atoms. The van der Waals surface area contributed by atoms with E-state index in [0.29, 0.717) is 6.61 Å². The van der Waals surface area contributed by atoms with Crippen LogP contribution >= 0.6 is 11.3 Å². The van der Waals surface area contributed by atoms with E-state index in [1.54, 1.807) is 11.3 Å². The first kappa shape index (κ1) is 13.5. The van der Waals surface area contributed by atoms with Gasteiger partial charge in [-0.1, -0.05) is 0 Å². The van der Waals surface area contributed by atoms with E-state index in [4.69, 9.17) is 14.5 Å². The van der Waals surface area contributed by atoms with Gasteiger partial charge in [-0.3, -0.25) is 0 Å². The third-order valence-electron chi connectivity index (χ3n) is 3.62. The Morgan fingerprint density at radius 2 is 2.09 bits per heavy atom. The molecule has 0 saturated carbocycles. The second kappa shape index (κ2) is 5.59. The van der Waals surface area contributed by atoms with Crippen LogP contribution in [0.15, 0.2) is 42.5 Å². The third-order valence-corrected chi connectivity index (χ3v) is 4.69. The van der Waals surface area contributed by atoms with Crippen LogP contribution in [0, 0.1) is 0 Å². The Morgan fingerprint density at radius 1 is 1.27 bits per heavy atom. The fraction of sp³-hybridized carbons (Fsp3) is 0.235. The minimum atomic E-state index is 0.276. The number of hydrogen-bond acceptors (Lipinski definition) is 5. The molecule has 1 saturated heterocycles. The van der Waals surface area contributed by atoms with Crippen LogP contribution in [-0.4, -0.2) is 31.3 Å². The van der Waals surface area contributed by atoms with Crippen molar-refractivity contribution in [1.82, 2.24) is 4.98 Å². The summed E-state index contributed by atoms with van der Waals surface area (Å²) in [7, 11) is 1.92. The van der Waals surface area contributed by atoms with Gasteiger partial charge in [-0.2, -0.15) is 0 Å². The Bertz CT molecular complexity index is 794. The number of anilines is 1. The van der Waals surface area contributed by atoms with Crippen molar-refractivity contribution in [1.29, 1.82) is 0 Å². The molecule has 1 aromatic heterocycles. The quantitative estimate of drug-likeness (QED) is 0.728. The summed E-state index contributed by atoms with van der Waals surface area (Å²) in [5.74, 6) is 0.878. The van der Waals surface area contributed by atoms with Gasteiger partial charge in [-0.05, 0) is 42.5 Å². The Morgan fingerprint density at radius 3 is 2.82 bits per heavy atom. The number of thiazole rings is 1. The van der Waals surface area contributed by atoms with Crippen molar-refractivity contribution in [3.63, 3.8) is 0 Å². The molecule has 3 aromatic rings. The van der Waals surface area contributed by atoms with E-state index in [-0.39, 0.29) is 6.10 Å². The Hall–Kier alpha value is -2.11. The molecule has 0 unspecified atom stereocenters. The van der Waals surface area contributed by atoms with Gasteiger partial charge in [0.05, 0.1) is 16.8 Å². The molecule has 2 aromatic carbocycles. The van der Waals surface area contributed by atoms with E-state index >= 15 is 0 Å². The smallest absolute Gasteiger partial charge is 0.124 e. The summed E-state index contributed by atoms with van der Waals surface area (Å²) >= 11 is 1.69. The number of benzene rings is 2. The van der Waals surface area contributed by atoms with Gasteiger partial charge in [-0.15, -0.1) is 11.3 Å². The van der Waals surface area contributed by atoms with Crippen LogP contribution in [0.3, 0.4) is 0 Å². The Kier molecular flexibility index (Phi) is 3.44. The second-order valence-electron chi connectivity index (χ2n) is 5.24. The molecule has 2 heterocycles. The van der Waals surface area contributed by atoms with Crippen molar-refractivity contribution in [3.05, 3.63) is 42.5 Å². The Balaban J connectivity index is 1.60. The van der Waals surface area contributed by atoms with E-state index in [9.17, 15) is 0 Å². The highest BCUT2D eigenvalue weighted by molar-refractivity contribution is 7.21. The average molecular weight is 312 g/mol. The number of ether oxygens (including phenoxy) is 2. The van der Waals surface area contributed by atoms with Crippen molar-refractivity contribution in [2.75, 3.05) is 25.6 Å². The summed E-state index contributed by atoms with van der Waals surface area (Å²) in [5, 5.41) is 4.15. The zero-order valence-corrected chi connectivity index (χ0v) is 13.0. The number of hydrogen-bond donors (Lipinski definition) is 1. The maximum Gasteiger partial charge on any atom is 0.124 e. The maximum atomic E-state index is 5.73. The fourth-order valence-electron chi connectivity index (χ4n) is 2.25. The lowest BCUT2D eigenvalue weighted by molar-refractivity contribution is 0.263. The molecular formula is C17H16N2O2S. The topological polar surface area (TPSA) is 46.7 Å². The predicted octanol–water partition coefficient (Wildman–Crippen LogP) is 3.78. The van der Waals surface area contributed by atoms with Gasteiger partial charge >= 0.3 is 0 Å². The lowest BCUT2D eigenvalue weighted by atomic mass is 10.2. The van der Waals surface area contributed by atoms with E-state index in [2.05, 4.69) is 35.6 Å². The highest BCUT2D eigenvalue weighted by Gasteiger charge is 2.23. The summed E-state index contributed by atoms with van der Waals surface area (Å²) < 4.78 is 12.0. The van der Waals surface area contributed by atoms with Crippen molar-refractivity contribution < 1.29 is 9.47 Å². The summed E-state index contributed by atoms with van der Waals surface area (Å²) in [6.45, 7) is 1.44. The molecule has 4 rings (SSSR count). The third kappa shape index (κ3) is 2.77. The number of epoxide rings is 1. The van der Waals surface area contributed by atoms with Crippen LogP contribution in [0.1, 0.15) is 0 Å². The first-order chi connectivity index (χ1) is 10.8. The largest absolute Gasteiger partial charge is 0.491 e. The molecule has 4 nitrogen and oxygen atoms in total. The monoisotopic (exact) mass is 312 g/mol. The molecule has 1 aliphatic rings. The molecule has 1 atom stereocenters. The SMILES string of the molecule is CNc1ccc(-c2nc3ccc(OC[C@H]4CO4)cc3s2)cc1. The summed E-state index contributed by atoms with van der Waals surface area (Å²) in [6, 6.07) is 14.3. The van der Waals surface area contributed by atoms with Gasteiger partial charge in [0.2, 0.25) is 0 Å². The molecule has 1 fully saturated rings. The molecule has 0 radical (unpaired) electrons. The number of aromatic nitrogens is 1. The highest BCUT2D eigenvalue weighted by Crippen LogP contribution is 2.33. The van der Waals surface area contributed by atoms with E-state index in [0.717, 1.165) is 38.8 Å². The van der Waals surface area contributed by atoms with Crippen molar-refractivity contribution in [2.45, 2.75) is 6.10 Å². The first-order valence-electron chi connectivity index (χ1n) is 7.25. The van der Waals surface area contributed by atoms with Crippen LogP contribution in [0.5, 0.6) is 5.75 Å². The van der Waals surface area contributed by atoms with E-state index < -0.39 is 0 Å². The molecular weight excluding hydrogens is 296 g/mol.